The van der Waals surface area contributed by atoms with Gasteiger partial charge in [0.2, 0.25) is 0 Å². The van der Waals surface area contributed by atoms with Gasteiger partial charge in [-0.15, -0.1) is 12.4 Å². The monoisotopic (exact) mass is 291 g/mol. The third kappa shape index (κ3) is 3.65. The van der Waals surface area contributed by atoms with Gasteiger partial charge >= 0.3 is 0 Å². The minimum Gasteiger partial charge on any atom is -0.508 e. The number of hydrogen-bond acceptors (Lipinski definition) is 5. The third-order valence-electron chi connectivity index (χ3n) is 3.09. The molecule has 1 aromatic rings. The van der Waals surface area contributed by atoms with Crippen LogP contribution in [-0.2, 0) is 0 Å². The minimum absolute atomic E-state index is 0. The number of phenols is 1. The van der Waals surface area contributed by atoms with E-state index in [9.17, 15) is 10.2 Å². The summed E-state index contributed by atoms with van der Waals surface area (Å²) in [5.41, 5.74) is 6.29. The summed E-state index contributed by atoms with van der Waals surface area (Å²) in [6.45, 7) is 3.63. The second kappa shape index (κ2) is 6.84. The van der Waals surface area contributed by atoms with Crippen molar-refractivity contribution in [3.63, 3.8) is 0 Å². The number of hydrogen-bond donors (Lipinski definition) is 3. The Balaban J connectivity index is 0.00000324. The highest BCUT2D eigenvalue weighted by Crippen LogP contribution is 2.43. The number of halogens is 1. The van der Waals surface area contributed by atoms with Crippen LogP contribution in [0.4, 0.5) is 0 Å². The molecule has 0 radical (unpaired) electrons. The SMILES string of the molecule is COc1cc(O)cc(OC)c1[C@@H](N)C(C)(C)CO.Cl. The van der Waals surface area contributed by atoms with Gasteiger partial charge in [0.05, 0.1) is 19.8 Å². The smallest absolute Gasteiger partial charge is 0.131 e. The Morgan fingerprint density at radius 1 is 1.21 bits per heavy atom. The van der Waals surface area contributed by atoms with E-state index < -0.39 is 11.5 Å². The molecule has 6 heteroatoms. The normalized spacial score (nSPS) is 12.5. The molecule has 1 aromatic carbocycles. The van der Waals surface area contributed by atoms with E-state index in [1.807, 2.05) is 13.8 Å². The van der Waals surface area contributed by atoms with Crippen LogP contribution in [0.5, 0.6) is 17.2 Å². The van der Waals surface area contributed by atoms with Gasteiger partial charge in [-0.1, -0.05) is 13.8 Å². The van der Waals surface area contributed by atoms with Crippen molar-refractivity contribution in [3.8, 4) is 17.2 Å². The summed E-state index contributed by atoms with van der Waals surface area (Å²) in [7, 11) is 2.99. The van der Waals surface area contributed by atoms with Crippen LogP contribution in [0.1, 0.15) is 25.5 Å². The summed E-state index contributed by atoms with van der Waals surface area (Å²) in [4.78, 5) is 0. The number of phenolic OH excluding ortho intramolecular Hbond substituents is 1. The van der Waals surface area contributed by atoms with Crippen LogP contribution in [0.25, 0.3) is 0 Å². The van der Waals surface area contributed by atoms with Crippen LogP contribution in [0.3, 0.4) is 0 Å². The Bertz CT molecular complexity index is 398. The maximum Gasteiger partial charge on any atom is 0.131 e. The first-order valence-electron chi connectivity index (χ1n) is 5.68. The number of aliphatic hydroxyl groups excluding tert-OH is 1. The van der Waals surface area contributed by atoms with Crippen molar-refractivity contribution in [1.29, 1.82) is 0 Å². The summed E-state index contributed by atoms with van der Waals surface area (Å²) in [6, 6.07) is 2.48. The Kier molecular flexibility index (Phi) is 6.42. The van der Waals surface area contributed by atoms with E-state index in [-0.39, 0.29) is 24.8 Å². The summed E-state index contributed by atoms with van der Waals surface area (Å²) in [5.74, 6) is 0.934. The number of ether oxygens (including phenoxy) is 2. The quantitative estimate of drug-likeness (QED) is 0.771. The highest BCUT2D eigenvalue weighted by molar-refractivity contribution is 5.85. The van der Waals surface area contributed by atoms with Gasteiger partial charge in [-0.05, 0) is 0 Å². The van der Waals surface area contributed by atoms with Gasteiger partial charge in [-0.3, -0.25) is 0 Å². The van der Waals surface area contributed by atoms with Gasteiger partial charge in [0.25, 0.3) is 0 Å². The molecule has 0 aromatic heterocycles. The molecule has 0 aliphatic heterocycles. The number of aliphatic hydroxyl groups is 1. The first-order valence-corrected chi connectivity index (χ1v) is 5.68. The summed E-state index contributed by atoms with van der Waals surface area (Å²) in [5, 5.41) is 19.0. The van der Waals surface area contributed by atoms with Crippen molar-refractivity contribution in [2.45, 2.75) is 19.9 Å². The van der Waals surface area contributed by atoms with E-state index >= 15 is 0 Å². The number of methoxy groups -OCH3 is 2. The zero-order chi connectivity index (χ0) is 13.9. The molecular weight excluding hydrogens is 270 g/mol. The lowest BCUT2D eigenvalue weighted by Crippen LogP contribution is -2.33. The molecule has 0 fully saturated rings. The molecule has 110 valence electrons. The van der Waals surface area contributed by atoms with Gasteiger partial charge in [0.15, 0.2) is 0 Å². The maximum atomic E-state index is 9.57. The van der Waals surface area contributed by atoms with Crippen LogP contribution in [-0.4, -0.2) is 31.0 Å². The number of rotatable bonds is 5. The minimum atomic E-state index is -0.530. The van der Waals surface area contributed by atoms with E-state index in [1.165, 1.54) is 26.4 Å². The molecule has 4 N–H and O–H groups in total. The standard InChI is InChI=1S/C13H21NO4.ClH/c1-13(2,7-15)12(14)11-9(17-3)5-8(16)6-10(11)18-4;/h5-6,12,15-16H,7,14H2,1-4H3;1H/t12-;/m1./s1. The second-order valence-electron chi connectivity index (χ2n) is 4.89. The lowest BCUT2D eigenvalue weighted by molar-refractivity contribution is 0.129. The van der Waals surface area contributed by atoms with Gasteiger partial charge in [-0.25, -0.2) is 0 Å². The van der Waals surface area contributed by atoms with E-state index in [4.69, 9.17) is 15.2 Å². The molecule has 0 saturated carbocycles. The van der Waals surface area contributed by atoms with Gasteiger partial charge in [0.1, 0.15) is 17.2 Å². The van der Waals surface area contributed by atoms with Crippen LogP contribution in [0.2, 0.25) is 0 Å². The van der Waals surface area contributed by atoms with Crippen molar-refractivity contribution >= 4 is 12.4 Å². The largest absolute Gasteiger partial charge is 0.508 e. The molecule has 1 atom stereocenters. The zero-order valence-electron chi connectivity index (χ0n) is 11.6. The summed E-state index contributed by atoms with van der Waals surface area (Å²) in [6.07, 6.45) is 0. The summed E-state index contributed by atoms with van der Waals surface area (Å²) < 4.78 is 10.5. The predicted molar refractivity (Wildman–Crippen MR) is 76.3 cm³/mol. The number of nitrogens with two attached hydrogens (primary N) is 1. The molecule has 0 aliphatic rings. The lowest BCUT2D eigenvalue weighted by Gasteiger charge is -2.31. The molecular formula is C13H22ClNO4. The Hall–Kier alpha value is -1.17. The molecule has 0 bridgehead atoms. The maximum absolute atomic E-state index is 9.57. The predicted octanol–water partition coefficient (Wildman–Crippen LogP) is 1.85. The fourth-order valence-electron chi connectivity index (χ4n) is 1.72. The first kappa shape index (κ1) is 17.8. The molecule has 0 heterocycles. The molecule has 5 nitrogen and oxygen atoms in total. The average Bonchev–Trinajstić information content (AvgIpc) is 2.36. The highest BCUT2D eigenvalue weighted by atomic mass is 35.5. The van der Waals surface area contributed by atoms with Crippen molar-refractivity contribution in [2.75, 3.05) is 20.8 Å². The molecule has 0 amide bonds. The molecule has 0 unspecified atom stereocenters. The topological polar surface area (TPSA) is 84.9 Å². The number of benzene rings is 1. The second-order valence-corrected chi connectivity index (χ2v) is 4.89. The van der Waals surface area contributed by atoms with Gasteiger partial charge in [0, 0.05) is 30.2 Å². The Labute approximate surface area is 119 Å². The average molecular weight is 292 g/mol. The van der Waals surface area contributed by atoms with Crippen molar-refractivity contribution < 1.29 is 19.7 Å². The van der Waals surface area contributed by atoms with Crippen molar-refractivity contribution in [3.05, 3.63) is 17.7 Å². The molecule has 19 heavy (non-hydrogen) atoms. The zero-order valence-corrected chi connectivity index (χ0v) is 12.5. The van der Waals surface area contributed by atoms with Crippen LogP contribution in [0, 0.1) is 5.41 Å². The van der Waals surface area contributed by atoms with Crippen molar-refractivity contribution in [2.24, 2.45) is 11.1 Å². The van der Waals surface area contributed by atoms with E-state index in [2.05, 4.69) is 0 Å². The molecule has 1 rings (SSSR count). The fourth-order valence-corrected chi connectivity index (χ4v) is 1.72. The first-order chi connectivity index (χ1) is 8.37. The fraction of sp³-hybridized carbons (Fsp3) is 0.538. The van der Waals surface area contributed by atoms with Gasteiger partial charge < -0.3 is 25.4 Å². The van der Waals surface area contributed by atoms with E-state index in [1.54, 1.807) is 0 Å². The van der Waals surface area contributed by atoms with Crippen LogP contribution >= 0.6 is 12.4 Å². The highest BCUT2D eigenvalue weighted by Gasteiger charge is 2.32. The van der Waals surface area contributed by atoms with E-state index in [0.717, 1.165) is 0 Å². The van der Waals surface area contributed by atoms with Gasteiger partial charge in [-0.2, -0.15) is 0 Å². The third-order valence-corrected chi connectivity index (χ3v) is 3.09. The Morgan fingerprint density at radius 2 is 1.63 bits per heavy atom. The molecule has 0 saturated heterocycles. The molecule has 0 aliphatic carbocycles. The lowest BCUT2D eigenvalue weighted by atomic mass is 9.81. The van der Waals surface area contributed by atoms with Crippen molar-refractivity contribution in [1.82, 2.24) is 0 Å². The number of aromatic hydroxyl groups is 1. The van der Waals surface area contributed by atoms with Crippen LogP contribution in [0.15, 0.2) is 12.1 Å². The van der Waals surface area contributed by atoms with E-state index in [0.29, 0.717) is 17.1 Å². The molecule has 0 spiro atoms. The summed E-state index contributed by atoms with van der Waals surface area (Å²) >= 11 is 0. The van der Waals surface area contributed by atoms with Crippen LogP contribution < -0.4 is 15.2 Å². The Morgan fingerprint density at radius 3 is 1.95 bits per heavy atom.